The van der Waals surface area contributed by atoms with Crippen LogP contribution in [0.1, 0.15) is 62.8 Å². The van der Waals surface area contributed by atoms with Crippen molar-refractivity contribution in [2.45, 2.75) is 75.5 Å². The number of amides is 1. The van der Waals surface area contributed by atoms with E-state index in [1.54, 1.807) is 0 Å². The molecule has 1 aliphatic heterocycles. The first-order chi connectivity index (χ1) is 15.3. The fraction of sp³-hybridized carbons (Fsp3) is 0.708. The van der Waals surface area contributed by atoms with Crippen LogP contribution in [0.15, 0.2) is 30.3 Å². The zero-order valence-corrected chi connectivity index (χ0v) is 20.1. The average Bonchev–Trinajstić information content (AvgIpc) is 3.64. The smallest absolute Gasteiger partial charge is 0.279 e. The largest absolute Gasteiger partial charge is 0.376 e. The molecule has 3 aliphatic rings. The molecule has 0 bridgehead atoms. The number of hydrogen-bond donors (Lipinski definition) is 1. The molecule has 8 heteroatoms. The number of likely N-dealkylation sites (tertiary alicyclic amines) is 1. The molecular weight excluding hydrogens is 426 g/mol. The Hall–Kier alpha value is -1.48. The van der Waals surface area contributed by atoms with Crippen LogP contribution >= 0.6 is 0 Å². The Balaban J connectivity index is 1.38. The molecule has 0 aromatic heterocycles. The summed E-state index contributed by atoms with van der Waals surface area (Å²) in [6.45, 7) is 1.07. The number of carbonyl (C=O) groups is 1. The van der Waals surface area contributed by atoms with Gasteiger partial charge in [0.25, 0.3) is 10.2 Å². The zero-order valence-electron chi connectivity index (χ0n) is 19.3. The van der Waals surface area contributed by atoms with Crippen molar-refractivity contribution in [1.82, 2.24) is 13.9 Å². The number of piperidine rings is 1. The Morgan fingerprint density at radius 2 is 1.75 bits per heavy atom. The molecule has 0 spiro atoms. The third kappa shape index (κ3) is 5.71. The molecule has 1 saturated heterocycles. The predicted octanol–water partition coefficient (Wildman–Crippen LogP) is 2.90. The predicted molar refractivity (Wildman–Crippen MR) is 124 cm³/mol. The van der Waals surface area contributed by atoms with Crippen LogP contribution in [0.2, 0.25) is 0 Å². The summed E-state index contributed by atoms with van der Waals surface area (Å²) in [5, 5.41) is 0. The number of ether oxygens (including phenoxy) is 1. The van der Waals surface area contributed by atoms with Crippen molar-refractivity contribution in [2.24, 2.45) is 5.92 Å². The number of nitrogens with one attached hydrogen (secondary N) is 1. The van der Waals surface area contributed by atoms with E-state index in [9.17, 15) is 13.2 Å². The van der Waals surface area contributed by atoms with E-state index in [-0.39, 0.29) is 30.0 Å². The van der Waals surface area contributed by atoms with Crippen LogP contribution < -0.4 is 4.72 Å². The summed E-state index contributed by atoms with van der Waals surface area (Å²) < 4.78 is 35.4. The molecule has 7 nitrogen and oxygen atoms in total. The summed E-state index contributed by atoms with van der Waals surface area (Å²) in [7, 11) is -0.530. The van der Waals surface area contributed by atoms with Crippen LogP contribution in [-0.4, -0.2) is 69.0 Å². The Labute approximate surface area is 192 Å². The maximum absolute atomic E-state index is 12.9. The highest BCUT2D eigenvalue weighted by Gasteiger charge is 2.42. The highest BCUT2D eigenvalue weighted by molar-refractivity contribution is 7.87. The normalized spacial score (nSPS) is 29.3. The van der Waals surface area contributed by atoms with Crippen molar-refractivity contribution >= 4 is 16.1 Å². The van der Waals surface area contributed by atoms with Crippen molar-refractivity contribution in [1.29, 1.82) is 0 Å². The van der Waals surface area contributed by atoms with Gasteiger partial charge in [0.2, 0.25) is 5.91 Å². The van der Waals surface area contributed by atoms with Gasteiger partial charge >= 0.3 is 0 Å². The Morgan fingerprint density at radius 3 is 2.38 bits per heavy atom. The highest BCUT2D eigenvalue weighted by atomic mass is 32.2. The third-order valence-corrected chi connectivity index (χ3v) is 8.78. The molecule has 32 heavy (non-hydrogen) atoms. The minimum atomic E-state index is -3.58. The van der Waals surface area contributed by atoms with Gasteiger partial charge in [0.05, 0.1) is 18.8 Å². The van der Waals surface area contributed by atoms with Crippen LogP contribution in [-0.2, 0) is 19.7 Å². The molecule has 1 aromatic rings. The van der Waals surface area contributed by atoms with E-state index in [0.717, 1.165) is 51.4 Å². The van der Waals surface area contributed by atoms with Crippen molar-refractivity contribution < 1.29 is 17.9 Å². The minimum absolute atomic E-state index is 0.114. The number of nitrogens with zero attached hydrogens (tertiary/aromatic N) is 2. The maximum Gasteiger partial charge on any atom is 0.279 e. The van der Waals surface area contributed by atoms with E-state index in [2.05, 4.69) is 35.1 Å². The van der Waals surface area contributed by atoms with Gasteiger partial charge in [0.1, 0.15) is 0 Å². The first kappa shape index (κ1) is 23.7. The van der Waals surface area contributed by atoms with E-state index >= 15 is 0 Å². The Morgan fingerprint density at radius 1 is 1.06 bits per heavy atom. The molecule has 2 aliphatic carbocycles. The van der Waals surface area contributed by atoms with Gasteiger partial charge in [0, 0.05) is 32.6 Å². The molecule has 0 unspecified atom stereocenters. The van der Waals surface area contributed by atoms with Crippen LogP contribution in [0.25, 0.3) is 0 Å². The summed E-state index contributed by atoms with van der Waals surface area (Å²) in [5.74, 6) is 0.862. The summed E-state index contributed by atoms with van der Waals surface area (Å²) in [5.41, 5.74) is 1.40. The number of hydrogen-bond acceptors (Lipinski definition) is 4. The van der Waals surface area contributed by atoms with E-state index in [4.69, 9.17) is 4.74 Å². The maximum atomic E-state index is 12.9. The lowest BCUT2D eigenvalue weighted by Gasteiger charge is -2.42. The molecular formula is C24H37N3O4S. The fourth-order valence-electron chi connectivity index (χ4n) is 5.06. The second-order valence-electron chi connectivity index (χ2n) is 9.74. The SMILES string of the molecule is CN(C)S(=O)(=O)N[C@H]1CCCN(C(=O)C2CC2)[C@H]1CO[C@H]1CC[C@@H](c2ccccc2)CC1. The van der Waals surface area contributed by atoms with Gasteiger partial charge in [-0.05, 0) is 62.8 Å². The zero-order chi connectivity index (χ0) is 22.7. The van der Waals surface area contributed by atoms with Gasteiger partial charge in [0.15, 0.2) is 0 Å². The lowest BCUT2D eigenvalue weighted by molar-refractivity contribution is -0.140. The number of benzene rings is 1. The van der Waals surface area contributed by atoms with E-state index in [1.165, 1.54) is 24.0 Å². The van der Waals surface area contributed by atoms with E-state index < -0.39 is 10.2 Å². The molecule has 1 N–H and O–H groups in total. The van der Waals surface area contributed by atoms with Crippen LogP contribution in [0.5, 0.6) is 0 Å². The van der Waals surface area contributed by atoms with Crippen molar-refractivity contribution in [2.75, 3.05) is 27.2 Å². The minimum Gasteiger partial charge on any atom is -0.376 e. The topological polar surface area (TPSA) is 79.0 Å². The molecule has 1 aromatic carbocycles. The first-order valence-corrected chi connectivity index (χ1v) is 13.5. The molecule has 2 atom stereocenters. The molecule has 3 fully saturated rings. The van der Waals surface area contributed by atoms with Gasteiger partial charge < -0.3 is 9.64 Å². The van der Waals surface area contributed by atoms with Gasteiger partial charge in [-0.2, -0.15) is 17.4 Å². The average molecular weight is 464 g/mol. The standard InChI is InChI=1S/C24H37N3O4S/c1-26(2)32(29,30)25-22-9-6-16-27(24(28)20-10-11-20)23(22)17-31-21-14-12-19(13-15-21)18-7-4-3-5-8-18/h3-5,7-8,19-23,25H,6,9-17H2,1-2H3/t19-,21+,22-,23-/m0/s1. The molecule has 4 rings (SSSR count). The summed E-state index contributed by atoms with van der Waals surface area (Å²) in [6.07, 6.45) is 7.77. The second-order valence-corrected chi connectivity index (χ2v) is 11.7. The van der Waals surface area contributed by atoms with Gasteiger partial charge in [-0.15, -0.1) is 0 Å². The summed E-state index contributed by atoms with van der Waals surface area (Å²) >= 11 is 0. The van der Waals surface area contributed by atoms with Crippen LogP contribution in [0.3, 0.4) is 0 Å². The van der Waals surface area contributed by atoms with Crippen molar-refractivity contribution in [3.8, 4) is 0 Å². The third-order valence-electron chi connectivity index (χ3n) is 7.22. The molecule has 1 heterocycles. The van der Waals surface area contributed by atoms with Gasteiger partial charge in [-0.25, -0.2) is 0 Å². The van der Waals surface area contributed by atoms with Gasteiger partial charge in [-0.3, -0.25) is 4.79 Å². The van der Waals surface area contributed by atoms with Crippen LogP contribution in [0.4, 0.5) is 0 Å². The van der Waals surface area contributed by atoms with Crippen LogP contribution in [0, 0.1) is 5.92 Å². The number of carbonyl (C=O) groups excluding carboxylic acids is 1. The molecule has 1 amide bonds. The fourth-order valence-corrected chi connectivity index (χ4v) is 5.93. The van der Waals surface area contributed by atoms with E-state index in [1.807, 2.05) is 4.90 Å². The molecule has 2 saturated carbocycles. The Bertz CT molecular complexity index is 864. The Kier molecular flexibility index (Phi) is 7.54. The quantitative estimate of drug-likeness (QED) is 0.643. The summed E-state index contributed by atoms with van der Waals surface area (Å²) in [6, 6.07) is 10.1. The summed E-state index contributed by atoms with van der Waals surface area (Å²) in [4.78, 5) is 14.9. The molecule has 0 radical (unpaired) electrons. The lowest BCUT2D eigenvalue weighted by atomic mass is 9.83. The second kappa shape index (κ2) is 10.2. The van der Waals surface area contributed by atoms with Crippen molar-refractivity contribution in [3.63, 3.8) is 0 Å². The van der Waals surface area contributed by atoms with Gasteiger partial charge in [-0.1, -0.05) is 30.3 Å². The monoisotopic (exact) mass is 463 g/mol. The molecule has 178 valence electrons. The highest BCUT2D eigenvalue weighted by Crippen LogP contribution is 2.36. The number of rotatable bonds is 8. The lowest BCUT2D eigenvalue weighted by Crippen LogP contribution is -2.60. The first-order valence-electron chi connectivity index (χ1n) is 12.0. The van der Waals surface area contributed by atoms with E-state index in [0.29, 0.717) is 19.1 Å². The van der Waals surface area contributed by atoms with Crippen molar-refractivity contribution in [3.05, 3.63) is 35.9 Å².